The molecule has 1 atom stereocenters. The average molecular weight is 287 g/mol. The van der Waals surface area contributed by atoms with Gasteiger partial charge in [0.1, 0.15) is 5.60 Å². The van der Waals surface area contributed by atoms with E-state index in [1.807, 2.05) is 64.1 Å². The van der Waals surface area contributed by atoms with Crippen LogP contribution in [0.5, 0.6) is 0 Å². The predicted molar refractivity (Wildman–Crippen MR) is 87.9 cm³/mol. The van der Waals surface area contributed by atoms with Crippen molar-refractivity contribution in [1.82, 2.24) is 5.32 Å². The Morgan fingerprint density at radius 1 is 1.33 bits per heavy atom. The lowest BCUT2D eigenvalue weighted by Gasteiger charge is -2.23. The number of rotatable bonds is 6. The maximum absolute atomic E-state index is 12.4. The normalized spacial score (nSPS) is 13.6. The molecule has 1 aromatic rings. The molecule has 0 bridgehead atoms. The molecule has 0 fully saturated rings. The van der Waals surface area contributed by atoms with E-state index in [9.17, 15) is 4.79 Å². The van der Waals surface area contributed by atoms with Gasteiger partial charge in [-0.3, -0.25) is 0 Å². The van der Waals surface area contributed by atoms with Crippen molar-refractivity contribution in [3.05, 3.63) is 54.1 Å². The predicted octanol–water partition coefficient (Wildman–Crippen LogP) is 3.58. The average Bonchev–Trinajstić information content (AvgIpc) is 2.41. The van der Waals surface area contributed by atoms with E-state index in [4.69, 9.17) is 4.74 Å². The number of nitrogens with one attached hydrogen (secondary N) is 1. The fourth-order valence-corrected chi connectivity index (χ4v) is 1.80. The Morgan fingerprint density at radius 3 is 2.48 bits per heavy atom. The van der Waals surface area contributed by atoms with E-state index in [0.29, 0.717) is 12.1 Å². The van der Waals surface area contributed by atoms with Gasteiger partial charge in [0.2, 0.25) is 0 Å². The van der Waals surface area contributed by atoms with Crippen LogP contribution in [0.1, 0.15) is 33.3 Å². The molecule has 0 radical (unpaired) electrons. The topological polar surface area (TPSA) is 38.3 Å². The minimum Gasteiger partial charge on any atom is -0.457 e. The fraction of sp³-hybridized carbons (Fsp3) is 0.389. The summed E-state index contributed by atoms with van der Waals surface area (Å²) in [5.74, 6) is -0.296. The van der Waals surface area contributed by atoms with Crippen molar-refractivity contribution < 1.29 is 9.53 Å². The lowest BCUT2D eigenvalue weighted by atomic mass is 10.0. The molecule has 3 heteroatoms. The molecule has 0 aliphatic heterocycles. The van der Waals surface area contributed by atoms with E-state index in [0.717, 1.165) is 5.56 Å². The second-order valence-electron chi connectivity index (χ2n) is 5.93. The molecule has 0 saturated heterocycles. The molecule has 0 aliphatic rings. The second-order valence-corrected chi connectivity index (χ2v) is 5.93. The number of hydrogen-bond donors (Lipinski definition) is 1. The molecule has 114 valence electrons. The zero-order valence-corrected chi connectivity index (χ0v) is 13.3. The summed E-state index contributed by atoms with van der Waals surface area (Å²) in [5.41, 5.74) is 1.08. The number of carbonyl (C=O) groups excluding carboxylic acids is 1. The first-order valence-corrected chi connectivity index (χ1v) is 7.18. The Labute approximate surface area is 127 Å². The van der Waals surface area contributed by atoms with Crippen LogP contribution in [0.15, 0.2) is 48.6 Å². The monoisotopic (exact) mass is 287 g/mol. The summed E-state index contributed by atoms with van der Waals surface area (Å²) < 4.78 is 5.50. The summed E-state index contributed by atoms with van der Waals surface area (Å²) in [6.07, 6.45) is 3.64. The van der Waals surface area contributed by atoms with Crippen molar-refractivity contribution >= 4 is 12.0 Å². The van der Waals surface area contributed by atoms with Crippen LogP contribution < -0.4 is 5.32 Å². The Kier molecular flexibility index (Phi) is 6.38. The summed E-state index contributed by atoms with van der Waals surface area (Å²) in [5, 5.41) is 3.23. The zero-order chi connectivity index (χ0) is 15.9. The van der Waals surface area contributed by atoms with Crippen molar-refractivity contribution in [2.75, 3.05) is 6.54 Å². The quantitative estimate of drug-likeness (QED) is 0.494. The van der Waals surface area contributed by atoms with Gasteiger partial charge in [-0.25, -0.2) is 4.79 Å². The second kappa shape index (κ2) is 7.79. The maximum Gasteiger partial charge on any atom is 0.336 e. The highest BCUT2D eigenvalue weighted by Gasteiger charge is 2.23. The molecular weight excluding hydrogens is 262 g/mol. The van der Waals surface area contributed by atoms with Gasteiger partial charge < -0.3 is 10.1 Å². The van der Waals surface area contributed by atoms with Gasteiger partial charge in [-0.2, -0.15) is 0 Å². The Bertz CT molecular complexity index is 498. The highest BCUT2D eigenvalue weighted by Crippen LogP contribution is 2.16. The fourth-order valence-electron chi connectivity index (χ4n) is 1.80. The van der Waals surface area contributed by atoms with Crippen LogP contribution in [-0.2, 0) is 9.53 Å². The molecule has 3 nitrogen and oxygen atoms in total. The van der Waals surface area contributed by atoms with Crippen molar-refractivity contribution in [2.45, 2.75) is 39.3 Å². The third kappa shape index (κ3) is 6.41. The molecule has 0 aromatic heterocycles. The van der Waals surface area contributed by atoms with Gasteiger partial charge in [0, 0.05) is 12.6 Å². The molecule has 0 heterocycles. The maximum atomic E-state index is 12.4. The minimum atomic E-state index is -0.509. The number of benzene rings is 1. The van der Waals surface area contributed by atoms with Crippen LogP contribution >= 0.6 is 0 Å². The van der Waals surface area contributed by atoms with E-state index in [-0.39, 0.29) is 12.0 Å². The summed E-state index contributed by atoms with van der Waals surface area (Å²) in [6, 6.07) is 9.65. The Morgan fingerprint density at radius 2 is 1.95 bits per heavy atom. The number of ether oxygens (including phenoxy) is 1. The SMILES string of the molecule is C=CCNC(C)/C(=C\c1ccccc1)C(=O)OC(C)(C)C. The first kappa shape index (κ1) is 17.2. The molecule has 0 amide bonds. The molecule has 0 aliphatic carbocycles. The van der Waals surface area contributed by atoms with Crippen LogP contribution in [-0.4, -0.2) is 24.2 Å². The van der Waals surface area contributed by atoms with Gasteiger partial charge in [0.15, 0.2) is 0 Å². The lowest BCUT2D eigenvalue weighted by molar-refractivity contribution is -0.150. The molecule has 0 saturated carbocycles. The summed E-state index contributed by atoms with van der Waals surface area (Å²) >= 11 is 0. The Balaban J connectivity index is 3.02. The van der Waals surface area contributed by atoms with Crippen LogP contribution in [0.4, 0.5) is 0 Å². The van der Waals surface area contributed by atoms with Crippen molar-refractivity contribution in [1.29, 1.82) is 0 Å². The van der Waals surface area contributed by atoms with Crippen LogP contribution in [0.2, 0.25) is 0 Å². The highest BCUT2D eigenvalue weighted by molar-refractivity contribution is 5.95. The molecule has 1 rings (SSSR count). The van der Waals surface area contributed by atoms with Gasteiger partial charge in [-0.15, -0.1) is 6.58 Å². The van der Waals surface area contributed by atoms with E-state index in [1.165, 1.54) is 0 Å². The zero-order valence-electron chi connectivity index (χ0n) is 13.3. The van der Waals surface area contributed by atoms with Crippen LogP contribution in [0, 0.1) is 0 Å². The molecule has 0 spiro atoms. The van der Waals surface area contributed by atoms with Gasteiger partial charge >= 0.3 is 5.97 Å². The van der Waals surface area contributed by atoms with E-state index in [2.05, 4.69) is 11.9 Å². The van der Waals surface area contributed by atoms with Crippen molar-refractivity contribution in [3.8, 4) is 0 Å². The van der Waals surface area contributed by atoms with Gasteiger partial charge in [-0.1, -0.05) is 36.4 Å². The van der Waals surface area contributed by atoms with Crippen molar-refractivity contribution in [2.24, 2.45) is 0 Å². The molecular formula is C18H25NO2. The smallest absolute Gasteiger partial charge is 0.336 e. The van der Waals surface area contributed by atoms with E-state index >= 15 is 0 Å². The molecule has 1 aromatic carbocycles. The summed E-state index contributed by atoms with van der Waals surface area (Å²) in [6.45, 7) is 11.9. The minimum absolute atomic E-state index is 0.113. The largest absolute Gasteiger partial charge is 0.457 e. The van der Waals surface area contributed by atoms with Crippen molar-refractivity contribution in [3.63, 3.8) is 0 Å². The number of hydrogen-bond acceptors (Lipinski definition) is 3. The van der Waals surface area contributed by atoms with Crippen LogP contribution in [0.3, 0.4) is 0 Å². The summed E-state index contributed by atoms with van der Waals surface area (Å²) in [7, 11) is 0. The third-order valence-electron chi connectivity index (χ3n) is 2.79. The number of esters is 1. The van der Waals surface area contributed by atoms with E-state index in [1.54, 1.807) is 6.08 Å². The number of carbonyl (C=O) groups is 1. The lowest BCUT2D eigenvalue weighted by Crippen LogP contribution is -2.34. The van der Waals surface area contributed by atoms with Crippen LogP contribution in [0.25, 0.3) is 6.08 Å². The standard InChI is InChI=1S/C18H25NO2/c1-6-12-19-14(2)16(17(20)21-18(3,4)5)13-15-10-8-7-9-11-15/h6-11,13-14,19H,1,12H2,2-5H3/b16-13+. The van der Waals surface area contributed by atoms with Gasteiger partial charge in [-0.05, 0) is 39.3 Å². The molecule has 1 unspecified atom stereocenters. The van der Waals surface area contributed by atoms with E-state index < -0.39 is 5.60 Å². The Hall–Kier alpha value is -1.87. The first-order chi connectivity index (χ1) is 9.83. The van der Waals surface area contributed by atoms with Gasteiger partial charge in [0.05, 0.1) is 5.57 Å². The molecule has 1 N–H and O–H groups in total. The first-order valence-electron chi connectivity index (χ1n) is 7.18. The highest BCUT2D eigenvalue weighted by atomic mass is 16.6. The van der Waals surface area contributed by atoms with Gasteiger partial charge in [0.25, 0.3) is 0 Å². The molecule has 21 heavy (non-hydrogen) atoms. The summed E-state index contributed by atoms with van der Waals surface area (Å²) in [4.78, 5) is 12.4. The third-order valence-corrected chi connectivity index (χ3v) is 2.79.